The smallest absolute Gasteiger partial charge is 0.0387 e. The van der Waals surface area contributed by atoms with Crippen LogP contribution < -0.4 is 15.5 Å². The number of nitrogens with one attached hydrogen (secondary N) is 2. The van der Waals surface area contributed by atoms with Crippen molar-refractivity contribution in [1.29, 1.82) is 0 Å². The van der Waals surface area contributed by atoms with Gasteiger partial charge in [0.15, 0.2) is 0 Å². The third-order valence-corrected chi connectivity index (χ3v) is 2.62. The zero-order valence-electron chi connectivity index (χ0n) is 10.6. The molecule has 1 aliphatic heterocycles. The molecule has 1 heterocycles. The van der Waals surface area contributed by atoms with Gasteiger partial charge in [-0.15, -0.1) is 0 Å². The molecule has 0 atom stereocenters. The third-order valence-electron chi connectivity index (χ3n) is 2.62. The van der Waals surface area contributed by atoms with Crippen LogP contribution in [0.15, 0.2) is 24.3 Å². The van der Waals surface area contributed by atoms with E-state index in [9.17, 15) is 0 Å². The number of benzene rings is 1. The van der Waals surface area contributed by atoms with Gasteiger partial charge in [0.1, 0.15) is 0 Å². The van der Waals surface area contributed by atoms with E-state index in [4.69, 9.17) is 0 Å². The van der Waals surface area contributed by atoms with E-state index in [1.807, 2.05) is 20.9 Å². The SMILES string of the molecule is CC.CNc1cccc(N2CCNCC2)c1. The monoisotopic (exact) mass is 221 g/mol. The molecule has 0 amide bonds. The van der Waals surface area contributed by atoms with Gasteiger partial charge in [0, 0.05) is 44.6 Å². The predicted octanol–water partition coefficient (Wildman–Crippen LogP) is 2.16. The van der Waals surface area contributed by atoms with Crippen LogP contribution in [-0.4, -0.2) is 33.2 Å². The number of rotatable bonds is 2. The Morgan fingerprint density at radius 3 is 2.50 bits per heavy atom. The highest BCUT2D eigenvalue weighted by atomic mass is 15.2. The first-order chi connectivity index (χ1) is 7.90. The van der Waals surface area contributed by atoms with Crippen molar-refractivity contribution in [3.63, 3.8) is 0 Å². The molecule has 1 aliphatic rings. The average molecular weight is 221 g/mol. The van der Waals surface area contributed by atoms with Crippen LogP contribution in [-0.2, 0) is 0 Å². The molecule has 2 rings (SSSR count). The van der Waals surface area contributed by atoms with Crippen LogP contribution in [0.1, 0.15) is 13.8 Å². The Morgan fingerprint density at radius 1 is 1.19 bits per heavy atom. The van der Waals surface area contributed by atoms with Gasteiger partial charge >= 0.3 is 0 Å². The molecule has 0 saturated carbocycles. The molecular weight excluding hydrogens is 198 g/mol. The highest BCUT2D eigenvalue weighted by Gasteiger charge is 2.09. The summed E-state index contributed by atoms with van der Waals surface area (Å²) in [5.74, 6) is 0. The molecule has 1 fully saturated rings. The number of nitrogens with zero attached hydrogens (tertiary/aromatic N) is 1. The van der Waals surface area contributed by atoms with E-state index in [2.05, 4.69) is 39.8 Å². The Hall–Kier alpha value is -1.22. The van der Waals surface area contributed by atoms with Crippen LogP contribution >= 0.6 is 0 Å². The molecule has 0 unspecified atom stereocenters. The van der Waals surface area contributed by atoms with Gasteiger partial charge in [0.25, 0.3) is 0 Å². The van der Waals surface area contributed by atoms with Crippen LogP contribution in [0.5, 0.6) is 0 Å². The summed E-state index contributed by atoms with van der Waals surface area (Å²) in [4.78, 5) is 2.41. The maximum atomic E-state index is 3.36. The zero-order chi connectivity index (χ0) is 11.8. The summed E-state index contributed by atoms with van der Waals surface area (Å²) in [7, 11) is 1.96. The molecule has 3 heteroatoms. The fraction of sp³-hybridized carbons (Fsp3) is 0.538. The largest absolute Gasteiger partial charge is 0.388 e. The van der Waals surface area contributed by atoms with Gasteiger partial charge in [0.05, 0.1) is 0 Å². The summed E-state index contributed by atoms with van der Waals surface area (Å²) in [6, 6.07) is 8.56. The van der Waals surface area contributed by atoms with Crippen molar-refractivity contribution in [3.05, 3.63) is 24.3 Å². The highest BCUT2D eigenvalue weighted by molar-refractivity contribution is 5.58. The van der Waals surface area contributed by atoms with Crippen molar-refractivity contribution >= 4 is 11.4 Å². The van der Waals surface area contributed by atoms with Gasteiger partial charge in [0.2, 0.25) is 0 Å². The van der Waals surface area contributed by atoms with Crippen molar-refractivity contribution in [1.82, 2.24) is 5.32 Å². The van der Waals surface area contributed by atoms with Gasteiger partial charge in [-0.05, 0) is 18.2 Å². The van der Waals surface area contributed by atoms with E-state index in [-0.39, 0.29) is 0 Å². The Labute approximate surface area is 98.8 Å². The predicted molar refractivity (Wildman–Crippen MR) is 72.4 cm³/mol. The van der Waals surface area contributed by atoms with Crippen molar-refractivity contribution in [2.24, 2.45) is 0 Å². The molecule has 3 nitrogen and oxygen atoms in total. The van der Waals surface area contributed by atoms with Gasteiger partial charge in [-0.25, -0.2) is 0 Å². The van der Waals surface area contributed by atoms with Crippen molar-refractivity contribution < 1.29 is 0 Å². The molecule has 2 N–H and O–H groups in total. The van der Waals surface area contributed by atoms with Gasteiger partial charge < -0.3 is 15.5 Å². The molecule has 0 aromatic heterocycles. The molecule has 0 radical (unpaired) electrons. The summed E-state index contributed by atoms with van der Waals surface area (Å²) in [5, 5.41) is 6.52. The van der Waals surface area contributed by atoms with E-state index in [0.29, 0.717) is 0 Å². The van der Waals surface area contributed by atoms with Gasteiger partial charge in [-0.2, -0.15) is 0 Å². The number of anilines is 2. The lowest BCUT2D eigenvalue weighted by Gasteiger charge is -2.29. The highest BCUT2D eigenvalue weighted by Crippen LogP contribution is 2.19. The van der Waals surface area contributed by atoms with E-state index in [1.54, 1.807) is 0 Å². The summed E-state index contributed by atoms with van der Waals surface area (Å²) < 4.78 is 0. The van der Waals surface area contributed by atoms with Gasteiger partial charge in [-0.3, -0.25) is 0 Å². The molecule has 90 valence electrons. The topological polar surface area (TPSA) is 27.3 Å². The summed E-state index contributed by atoms with van der Waals surface area (Å²) in [5.41, 5.74) is 2.50. The molecule has 1 saturated heterocycles. The molecular formula is C13H23N3. The molecule has 1 aromatic rings. The number of piperazine rings is 1. The van der Waals surface area contributed by atoms with Crippen LogP contribution in [0.4, 0.5) is 11.4 Å². The van der Waals surface area contributed by atoms with Crippen LogP contribution in [0, 0.1) is 0 Å². The minimum atomic E-state index is 1.09. The lowest BCUT2D eigenvalue weighted by atomic mass is 10.2. The second-order valence-electron chi connectivity index (χ2n) is 3.54. The lowest BCUT2D eigenvalue weighted by molar-refractivity contribution is 0.589. The first-order valence-corrected chi connectivity index (χ1v) is 6.13. The lowest BCUT2D eigenvalue weighted by Crippen LogP contribution is -2.43. The quantitative estimate of drug-likeness (QED) is 0.801. The van der Waals surface area contributed by atoms with Crippen LogP contribution in [0.2, 0.25) is 0 Å². The normalized spacial score (nSPS) is 15.1. The first kappa shape index (κ1) is 12.8. The Balaban J connectivity index is 0.000000606. The van der Waals surface area contributed by atoms with E-state index < -0.39 is 0 Å². The molecule has 0 aliphatic carbocycles. The maximum Gasteiger partial charge on any atom is 0.0387 e. The second kappa shape index (κ2) is 7.12. The van der Waals surface area contributed by atoms with Crippen molar-refractivity contribution in [2.45, 2.75) is 13.8 Å². The Kier molecular flexibility index (Phi) is 5.72. The average Bonchev–Trinajstić information content (AvgIpc) is 2.42. The Bertz CT molecular complexity index is 293. The first-order valence-electron chi connectivity index (χ1n) is 6.13. The van der Waals surface area contributed by atoms with E-state index in [0.717, 1.165) is 26.2 Å². The van der Waals surface area contributed by atoms with Crippen molar-refractivity contribution in [2.75, 3.05) is 43.4 Å². The Morgan fingerprint density at radius 2 is 1.88 bits per heavy atom. The standard InChI is InChI=1S/C11H17N3.C2H6/c1-12-10-3-2-4-11(9-10)14-7-5-13-6-8-14;1-2/h2-4,9,12-13H,5-8H2,1H3;1-2H3. The third kappa shape index (κ3) is 3.42. The minimum absolute atomic E-state index is 1.09. The second-order valence-corrected chi connectivity index (χ2v) is 3.54. The van der Waals surface area contributed by atoms with Crippen molar-refractivity contribution in [3.8, 4) is 0 Å². The summed E-state index contributed by atoms with van der Waals surface area (Å²) >= 11 is 0. The fourth-order valence-electron chi connectivity index (χ4n) is 1.78. The minimum Gasteiger partial charge on any atom is -0.388 e. The molecule has 16 heavy (non-hydrogen) atoms. The summed E-state index contributed by atoms with van der Waals surface area (Å²) in [6.45, 7) is 8.38. The van der Waals surface area contributed by atoms with E-state index >= 15 is 0 Å². The maximum absolute atomic E-state index is 3.36. The molecule has 1 aromatic carbocycles. The van der Waals surface area contributed by atoms with Crippen LogP contribution in [0.3, 0.4) is 0 Å². The number of hydrogen-bond donors (Lipinski definition) is 2. The fourth-order valence-corrected chi connectivity index (χ4v) is 1.78. The van der Waals surface area contributed by atoms with E-state index in [1.165, 1.54) is 11.4 Å². The van der Waals surface area contributed by atoms with Crippen LogP contribution in [0.25, 0.3) is 0 Å². The molecule has 0 bridgehead atoms. The zero-order valence-corrected chi connectivity index (χ0v) is 10.6. The number of hydrogen-bond acceptors (Lipinski definition) is 3. The van der Waals surface area contributed by atoms with Gasteiger partial charge in [-0.1, -0.05) is 19.9 Å². The molecule has 0 spiro atoms. The summed E-state index contributed by atoms with van der Waals surface area (Å²) in [6.07, 6.45) is 0.